The predicted molar refractivity (Wildman–Crippen MR) is 74.6 cm³/mol. The van der Waals surface area contributed by atoms with Crippen LogP contribution in [0.2, 0.25) is 0 Å². The number of hydrogen-bond donors (Lipinski definition) is 2. The zero-order valence-corrected chi connectivity index (χ0v) is 11.7. The van der Waals surface area contributed by atoms with Crippen molar-refractivity contribution in [3.05, 3.63) is 28.2 Å². The Bertz CT molecular complexity index is 382. The molecule has 4 heteroatoms. The highest BCUT2D eigenvalue weighted by Gasteiger charge is 2.22. The molecule has 0 saturated carbocycles. The molecule has 1 atom stereocenters. The average Bonchev–Trinajstić information content (AvgIpc) is 2.31. The molecule has 1 aromatic carbocycles. The van der Waals surface area contributed by atoms with Crippen LogP contribution in [0, 0.1) is 6.92 Å². The maximum atomic E-state index is 9.13. The van der Waals surface area contributed by atoms with Gasteiger partial charge >= 0.3 is 0 Å². The lowest BCUT2D eigenvalue weighted by molar-refractivity contribution is 0.266. The van der Waals surface area contributed by atoms with Crippen molar-refractivity contribution in [2.75, 3.05) is 31.1 Å². The Labute approximate surface area is 111 Å². The standard InChI is InChI=1S/C13H19BrN2O/c1-10-8-11(14)2-3-13(10)16-6-5-15-9-12(16)4-7-17/h2-3,8,12,15,17H,4-7,9H2,1H3. The van der Waals surface area contributed by atoms with Crippen molar-refractivity contribution in [2.45, 2.75) is 19.4 Å². The van der Waals surface area contributed by atoms with Crippen LogP contribution in [-0.4, -0.2) is 37.4 Å². The minimum atomic E-state index is 0.248. The Balaban J connectivity index is 2.23. The molecule has 1 aromatic rings. The number of piperazine rings is 1. The molecule has 1 fully saturated rings. The summed E-state index contributed by atoms with van der Waals surface area (Å²) in [5.74, 6) is 0. The molecule has 0 radical (unpaired) electrons. The van der Waals surface area contributed by atoms with E-state index in [2.05, 4.69) is 51.3 Å². The second-order valence-electron chi connectivity index (χ2n) is 4.49. The lowest BCUT2D eigenvalue weighted by atomic mass is 10.1. The SMILES string of the molecule is Cc1cc(Br)ccc1N1CCNCC1CCO. The summed E-state index contributed by atoms with van der Waals surface area (Å²) < 4.78 is 1.12. The van der Waals surface area contributed by atoms with Gasteiger partial charge < -0.3 is 15.3 Å². The molecule has 2 N–H and O–H groups in total. The molecule has 1 unspecified atom stereocenters. The first-order chi connectivity index (χ1) is 8.22. The van der Waals surface area contributed by atoms with Gasteiger partial charge in [0, 0.05) is 42.4 Å². The maximum absolute atomic E-state index is 9.13. The maximum Gasteiger partial charge on any atom is 0.0451 e. The summed E-state index contributed by atoms with van der Waals surface area (Å²) in [6.07, 6.45) is 0.822. The van der Waals surface area contributed by atoms with Crippen molar-refractivity contribution in [1.82, 2.24) is 5.32 Å². The highest BCUT2D eigenvalue weighted by molar-refractivity contribution is 9.10. The van der Waals surface area contributed by atoms with Crippen LogP contribution in [0.1, 0.15) is 12.0 Å². The number of aliphatic hydroxyl groups is 1. The Morgan fingerprint density at radius 3 is 3.06 bits per heavy atom. The van der Waals surface area contributed by atoms with E-state index >= 15 is 0 Å². The molecule has 0 spiro atoms. The molecule has 1 saturated heterocycles. The molecule has 94 valence electrons. The summed E-state index contributed by atoms with van der Waals surface area (Å²) >= 11 is 3.50. The van der Waals surface area contributed by atoms with E-state index in [9.17, 15) is 0 Å². The second kappa shape index (κ2) is 5.85. The van der Waals surface area contributed by atoms with Crippen LogP contribution in [0.5, 0.6) is 0 Å². The Hall–Kier alpha value is -0.580. The first kappa shape index (κ1) is 12.9. The zero-order chi connectivity index (χ0) is 12.3. The van der Waals surface area contributed by atoms with Crippen molar-refractivity contribution >= 4 is 21.6 Å². The van der Waals surface area contributed by atoms with Gasteiger partial charge in [-0.15, -0.1) is 0 Å². The van der Waals surface area contributed by atoms with Gasteiger partial charge in [0.1, 0.15) is 0 Å². The van der Waals surface area contributed by atoms with Gasteiger partial charge in [-0.1, -0.05) is 15.9 Å². The van der Waals surface area contributed by atoms with Crippen LogP contribution in [-0.2, 0) is 0 Å². The summed E-state index contributed by atoms with van der Waals surface area (Å²) in [7, 11) is 0. The third kappa shape index (κ3) is 3.00. The van der Waals surface area contributed by atoms with E-state index in [1.807, 2.05) is 0 Å². The van der Waals surface area contributed by atoms with Gasteiger partial charge in [-0.25, -0.2) is 0 Å². The second-order valence-corrected chi connectivity index (χ2v) is 5.41. The largest absolute Gasteiger partial charge is 0.396 e. The van der Waals surface area contributed by atoms with Gasteiger partial charge in [0.25, 0.3) is 0 Å². The molecule has 1 aliphatic rings. The highest BCUT2D eigenvalue weighted by Crippen LogP contribution is 2.26. The number of anilines is 1. The van der Waals surface area contributed by atoms with E-state index in [0.29, 0.717) is 6.04 Å². The third-order valence-electron chi connectivity index (χ3n) is 3.28. The zero-order valence-electron chi connectivity index (χ0n) is 10.1. The van der Waals surface area contributed by atoms with Crippen molar-refractivity contribution in [1.29, 1.82) is 0 Å². The van der Waals surface area contributed by atoms with E-state index < -0.39 is 0 Å². The molecular weight excluding hydrogens is 280 g/mol. The van der Waals surface area contributed by atoms with Crippen molar-refractivity contribution in [3.8, 4) is 0 Å². The number of nitrogens with one attached hydrogen (secondary N) is 1. The Kier molecular flexibility index (Phi) is 4.42. The van der Waals surface area contributed by atoms with Gasteiger partial charge in [-0.05, 0) is 37.1 Å². The topological polar surface area (TPSA) is 35.5 Å². The fraction of sp³-hybridized carbons (Fsp3) is 0.538. The summed E-state index contributed by atoms with van der Waals surface area (Å²) in [6, 6.07) is 6.79. The van der Waals surface area contributed by atoms with Crippen LogP contribution in [0.4, 0.5) is 5.69 Å². The molecule has 0 aliphatic carbocycles. The van der Waals surface area contributed by atoms with Gasteiger partial charge in [-0.2, -0.15) is 0 Å². The number of nitrogens with zero attached hydrogens (tertiary/aromatic N) is 1. The monoisotopic (exact) mass is 298 g/mol. The summed E-state index contributed by atoms with van der Waals surface area (Å²) in [5, 5.41) is 12.5. The lowest BCUT2D eigenvalue weighted by Crippen LogP contribution is -2.52. The molecule has 0 bridgehead atoms. The van der Waals surface area contributed by atoms with Crippen LogP contribution in [0.15, 0.2) is 22.7 Å². The molecule has 17 heavy (non-hydrogen) atoms. The average molecular weight is 299 g/mol. The lowest BCUT2D eigenvalue weighted by Gasteiger charge is -2.38. The highest BCUT2D eigenvalue weighted by atomic mass is 79.9. The van der Waals surface area contributed by atoms with Crippen LogP contribution >= 0.6 is 15.9 Å². The van der Waals surface area contributed by atoms with E-state index in [-0.39, 0.29) is 6.61 Å². The first-order valence-corrected chi connectivity index (χ1v) is 6.86. The molecular formula is C13H19BrN2O. The summed E-state index contributed by atoms with van der Waals surface area (Å²) in [5.41, 5.74) is 2.57. The Morgan fingerprint density at radius 1 is 1.53 bits per heavy atom. The molecule has 3 nitrogen and oxygen atoms in total. The van der Waals surface area contributed by atoms with Crippen LogP contribution in [0.25, 0.3) is 0 Å². The smallest absolute Gasteiger partial charge is 0.0451 e. The number of aryl methyl sites for hydroxylation is 1. The summed E-state index contributed by atoms with van der Waals surface area (Å²) in [6.45, 7) is 5.36. The number of benzene rings is 1. The van der Waals surface area contributed by atoms with Crippen molar-refractivity contribution in [3.63, 3.8) is 0 Å². The predicted octanol–water partition coefficient (Wildman–Crippen LogP) is 1.92. The number of hydrogen-bond acceptors (Lipinski definition) is 3. The minimum absolute atomic E-state index is 0.248. The van der Waals surface area contributed by atoms with E-state index in [4.69, 9.17) is 5.11 Å². The molecule has 1 heterocycles. The first-order valence-electron chi connectivity index (χ1n) is 6.06. The molecule has 0 amide bonds. The van der Waals surface area contributed by atoms with E-state index in [0.717, 1.165) is 30.5 Å². The third-order valence-corrected chi connectivity index (χ3v) is 3.77. The van der Waals surface area contributed by atoms with E-state index in [1.165, 1.54) is 11.3 Å². The summed E-state index contributed by atoms with van der Waals surface area (Å²) in [4.78, 5) is 2.41. The van der Waals surface area contributed by atoms with Crippen molar-refractivity contribution in [2.24, 2.45) is 0 Å². The van der Waals surface area contributed by atoms with Crippen LogP contribution < -0.4 is 10.2 Å². The fourth-order valence-corrected chi connectivity index (χ4v) is 2.90. The fourth-order valence-electron chi connectivity index (χ4n) is 2.43. The molecule has 2 rings (SSSR count). The number of aliphatic hydroxyl groups excluding tert-OH is 1. The van der Waals surface area contributed by atoms with Crippen LogP contribution in [0.3, 0.4) is 0 Å². The minimum Gasteiger partial charge on any atom is -0.396 e. The molecule has 1 aliphatic heterocycles. The normalized spacial score (nSPS) is 20.6. The molecule has 0 aromatic heterocycles. The van der Waals surface area contributed by atoms with E-state index in [1.54, 1.807) is 0 Å². The van der Waals surface area contributed by atoms with Gasteiger partial charge in [0.05, 0.1) is 0 Å². The van der Waals surface area contributed by atoms with Gasteiger partial charge in [-0.3, -0.25) is 0 Å². The van der Waals surface area contributed by atoms with Crippen molar-refractivity contribution < 1.29 is 5.11 Å². The number of halogens is 1. The Morgan fingerprint density at radius 2 is 2.35 bits per heavy atom. The number of rotatable bonds is 3. The van der Waals surface area contributed by atoms with Gasteiger partial charge in [0.2, 0.25) is 0 Å². The quantitative estimate of drug-likeness (QED) is 0.895. The van der Waals surface area contributed by atoms with Gasteiger partial charge in [0.15, 0.2) is 0 Å².